The van der Waals surface area contributed by atoms with Crippen LogP contribution in [0.4, 0.5) is 21.4 Å². The lowest BCUT2D eigenvalue weighted by Crippen LogP contribution is -2.34. The highest BCUT2D eigenvalue weighted by molar-refractivity contribution is 8.77. The fourth-order valence-electron chi connectivity index (χ4n) is 3.78. The molecule has 0 aliphatic carbocycles. The van der Waals surface area contributed by atoms with Crippen molar-refractivity contribution in [1.82, 2.24) is 15.3 Å². The minimum Gasteiger partial charge on any atom is -0.449 e. The van der Waals surface area contributed by atoms with Crippen molar-refractivity contribution in [2.24, 2.45) is 11.8 Å². The quantitative estimate of drug-likeness (QED) is 0.0778. The Kier molecular flexibility index (Phi) is 24.3. The highest BCUT2D eigenvalue weighted by atomic mass is 33.1. The van der Waals surface area contributed by atoms with Crippen molar-refractivity contribution in [1.29, 1.82) is 0 Å². The van der Waals surface area contributed by atoms with Crippen LogP contribution in [-0.4, -0.2) is 78.5 Å². The number of carbonyl (C=O) groups is 2. The van der Waals surface area contributed by atoms with E-state index < -0.39 is 12.2 Å². The molecule has 0 unspecified atom stereocenters. The Labute approximate surface area is 270 Å². The molecule has 1 aromatic heterocycles. The summed E-state index contributed by atoms with van der Waals surface area (Å²) in [7, 11) is 9.08. The normalized spacial score (nSPS) is 12.4. The van der Waals surface area contributed by atoms with Crippen LogP contribution in [0.3, 0.4) is 0 Å². The largest absolute Gasteiger partial charge is 0.449 e. The van der Waals surface area contributed by atoms with E-state index in [1.807, 2.05) is 33.5 Å². The summed E-state index contributed by atoms with van der Waals surface area (Å²) in [6.45, 7) is 10.6. The number of hydrogen-bond donors (Lipinski definition) is 2. The van der Waals surface area contributed by atoms with E-state index in [9.17, 15) is 9.59 Å². The number of amides is 2. The highest BCUT2D eigenvalue weighted by Gasteiger charge is 2.11. The van der Waals surface area contributed by atoms with Gasteiger partial charge in [0.05, 0.1) is 0 Å². The van der Waals surface area contributed by atoms with E-state index in [1.165, 1.54) is 51.4 Å². The molecule has 13 heteroatoms. The Morgan fingerprint density at radius 3 is 2.00 bits per heavy atom. The van der Waals surface area contributed by atoms with Crippen molar-refractivity contribution in [3.05, 3.63) is 12.3 Å². The maximum absolute atomic E-state index is 12.2. The van der Waals surface area contributed by atoms with Crippen LogP contribution in [0.25, 0.3) is 0 Å². The third-order valence-electron chi connectivity index (χ3n) is 6.62. The van der Waals surface area contributed by atoms with Crippen LogP contribution in [-0.2, 0) is 9.47 Å². The number of unbranched alkanes of at least 4 members (excludes halogenated alkanes) is 2. The maximum Gasteiger partial charge on any atom is 0.414 e. The van der Waals surface area contributed by atoms with Gasteiger partial charge in [-0.25, -0.2) is 14.6 Å². The first-order valence-electron chi connectivity index (χ1n) is 15.3. The summed E-state index contributed by atoms with van der Waals surface area (Å²) >= 11 is 0. The van der Waals surface area contributed by atoms with E-state index in [-0.39, 0.29) is 5.95 Å². The molecule has 242 valence electrons. The zero-order valence-corrected chi connectivity index (χ0v) is 29.5. The molecule has 0 aliphatic rings. The van der Waals surface area contributed by atoms with E-state index >= 15 is 0 Å². The monoisotopic (exact) mass is 663 g/mol. The molecule has 1 heterocycles. The van der Waals surface area contributed by atoms with Gasteiger partial charge >= 0.3 is 12.2 Å². The lowest BCUT2D eigenvalue weighted by atomic mass is 10.0. The van der Waals surface area contributed by atoms with Crippen LogP contribution >= 0.6 is 43.2 Å². The van der Waals surface area contributed by atoms with Gasteiger partial charge in [0, 0.05) is 49.3 Å². The fraction of sp³-hybridized carbons (Fsp3) is 0.793. The number of likely N-dealkylation sites (N-methyl/N-ethyl adjacent to an activating group) is 1. The molecule has 0 fully saturated rings. The van der Waals surface area contributed by atoms with Crippen molar-refractivity contribution in [3.8, 4) is 0 Å². The first-order valence-corrected chi connectivity index (χ1v) is 20.3. The lowest BCUT2D eigenvalue weighted by molar-refractivity contribution is 0.153. The Morgan fingerprint density at radius 1 is 0.881 bits per heavy atom. The molecule has 1 aromatic rings. The third-order valence-corrected chi connectivity index (χ3v) is 11.7. The first-order chi connectivity index (χ1) is 20.4. The maximum atomic E-state index is 12.2. The van der Waals surface area contributed by atoms with Crippen LogP contribution in [0.15, 0.2) is 12.3 Å². The first kappa shape index (κ1) is 38.8. The molecule has 0 aliphatic heterocycles. The van der Waals surface area contributed by atoms with E-state index in [0.717, 1.165) is 34.8 Å². The van der Waals surface area contributed by atoms with Gasteiger partial charge in [0.25, 0.3) is 0 Å². The summed E-state index contributed by atoms with van der Waals surface area (Å²) in [6.07, 6.45) is 10.7. The molecule has 2 N–H and O–H groups in total. The number of nitrogens with zero attached hydrogens (tertiary/aromatic N) is 3. The van der Waals surface area contributed by atoms with Crippen molar-refractivity contribution in [2.45, 2.75) is 79.1 Å². The summed E-state index contributed by atoms with van der Waals surface area (Å²) < 4.78 is 10.6. The standard InChI is InChI=1S/C29H53N5O4S4/c1-6-10-12-24(8-3)22-41-39-20-18-37-28(35)31-16-17-34(5)26-14-15-30-27(32-26)33-29(36)38-19-21-40-42-23-25(9-4)13-11-7-2/h14-15,24-25H,6-13,16-23H2,1-5H3,(H,31,35)(H,30,32,33,36)/t24-,25-/m1/s1. The van der Waals surface area contributed by atoms with Gasteiger partial charge in [-0.05, 0) is 30.7 Å². The topological polar surface area (TPSA) is 106 Å². The van der Waals surface area contributed by atoms with Gasteiger partial charge in [0.2, 0.25) is 5.95 Å². The zero-order chi connectivity index (χ0) is 30.8. The number of carbonyl (C=O) groups excluding carboxylic acids is 2. The number of hydrogen-bond acceptors (Lipinski definition) is 11. The molecule has 0 bridgehead atoms. The van der Waals surface area contributed by atoms with Gasteiger partial charge in [-0.2, -0.15) is 4.98 Å². The highest BCUT2D eigenvalue weighted by Crippen LogP contribution is 2.28. The Hall–Kier alpha value is -1.18. The van der Waals surface area contributed by atoms with E-state index in [2.05, 4.69) is 48.3 Å². The molecule has 1 rings (SSSR count). The Bertz CT molecular complexity index is 843. The second-order valence-corrected chi connectivity index (χ2v) is 15.3. The number of aromatic nitrogens is 2. The zero-order valence-electron chi connectivity index (χ0n) is 26.2. The molecule has 0 radical (unpaired) electrons. The second-order valence-electron chi connectivity index (χ2n) is 10.0. The van der Waals surface area contributed by atoms with Gasteiger partial charge in [-0.3, -0.25) is 5.32 Å². The third kappa shape index (κ3) is 19.9. The average Bonchev–Trinajstić information content (AvgIpc) is 2.99. The average molecular weight is 664 g/mol. The molecular weight excluding hydrogens is 611 g/mol. The Morgan fingerprint density at radius 2 is 1.45 bits per heavy atom. The van der Waals surface area contributed by atoms with E-state index in [0.29, 0.717) is 32.1 Å². The molecule has 0 saturated carbocycles. The summed E-state index contributed by atoms with van der Waals surface area (Å²) in [5.41, 5.74) is 0. The molecule has 42 heavy (non-hydrogen) atoms. The number of anilines is 2. The van der Waals surface area contributed by atoms with Gasteiger partial charge < -0.3 is 19.7 Å². The summed E-state index contributed by atoms with van der Waals surface area (Å²) in [5.74, 6) is 6.12. The summed E-state index contributed by atoms with van der Waals surface area (Å²) in [5, 5.41) is 5.36. The molecule has 0 saturated heterocycles. The minimum atomic E-state index is -0.572. The molecular formula is C29H53N5O4S4. The summed E-state index contributed by atoms with van der Waals surface area (Å²) in [4.78, 5) is 34.5. The lowest BCUT2D eigenvalue weighted by Gasteiger charge is -2.18. The van der Waals surface area contributed by atoms with Gasteiger partial charge in [-0.1, -0.05) is 109 Å². The van der Waals surface area contributed by atoms with Gasteiger partial charge in [0.1, 0.15) is 19.0 Å². The molecule has 0 aromatic carbocycles. The van der Waals surface area contributed by atoms with Crippen LogP contribution < -0.4 is 15.5 Å². The van der Waals surface area contributed by atoms with Gasteiger partial charge in [0.15, 0.2) is 0 Å². The Balaban J connectivity index is 2.19. The SMILES string of the molecule is CCCC[C@@H](CC)CSSCCOC(=O)NCCN(C)c1ccnc(NC(=O)OCCSSC[C@H](CC)CCCC)n1. The smallest absolute Gasteiger partial charge is 0.414 e. The number of alkyl carbamates (subject to hydrolysis) is 1. The van der Waals surface area contributed by atoms with Crippen molar-refractivity contribution in [2.75, 3.05) is 66.6 Å². The van der Waals surface area contributed by atoms with Gasteiger partial charge in [-0.15, -0.1) is 0 Å². The van der Waals surface area contributed by atoms with E-state index in [1.54, 1.807) is 33.9 Å². The predicted molar refractivity (Wildman–Crippen MR) is 186 cm³/mol. The van der Waals surface area contributed by atoms with Crippen molar-refractivity contribution in [3.63, 3.8) is 0 Å². The number of ether oxygens (including phenoxy) is 2. The number of rotatable bonds is 25. The van der Waals surface area contributed by atoms with Crippen LogP contribution in [0.2, 0.25) is 0 Å². The fourth-order valence-corrected chi connectivity index (χ4v) is 8.55. The predicted octanol–water partition coefficient (Wildman–Crippen LogP) is 8.38. The second kappa shape index (κ2) is 26.2. The molecule has 0 spiro atoms. The molecule has 2 amide bonds. The van der Waals surface area contributed by atoms with Crippen molar-refractivity contribution < 1.29 is 19.1 Å². The summed E-state index contributed by atoms with van der Waals surface area (Å²) in [6, 6.07) is 1.74. The van der Waals surface area contributed by atoms with Crippen LogP contribution in [0.5, 0.6) is 0 Å². The van der Waals surface area contributed by atoms with Crippen molar-refractivity contribution >= 4 is 67.1 Å². The number of nitrogens with one attached hydrogen (secondary N) is 2. The van der Waals surface area contributed by atoms with Crippen LogP contribution in [0.1, 0.15) is 79.1 Å². The molecule has 9 nitrogen and oxygen atoms in total. The van der Waals surface area contributed by atoms with Crippen LogP contribution in [0, 0.1) is 11.8 Å². The minimum absolute atomic E-state index is 0.173. The van der Waals surface area contributed by atoms with E-state index in [4.69, 9.17) is 9.47 Å². The molecule has 2 atom stereocenters.